The van der Waals surface area contributed by atoms with E-state index in [1.54, 1.807) is 11.9 Å². The second-order valence-electron chi connectivity index (χ2n) is 5.45. The lowest BCUT2D eigenvalue weighted by molar-refractivity contribution is -0.124. The lowest BCUT2D eigenvalue weighted by atomic mass is 10.0. The average Bonchev–Trinajstić information content (AvgIpc) is 3.15. The molecule has 0 aromatic heterocycles. The molecule has 18 heavy (non-hydrogen) atoms. The quantitative estimate of drug-likeness (QED) is 0.890. The topological polar surface area (TPSA) is 40.5 Å². The molecule has 0 aliphatic heterocycles. The van der Waals surface area contributed by atoms with Gasteiger partial charge in [0, 0.05) is 12.7 Å². The van der Waals surface area contributed by atoms with Crippen LogP contribution in [0.15, 0.2) is 12.1 Å². The first-order chi connectivity index (χ1) is 8.43. The molecule has 1 saturated carbocycles. The fourth-order valence-corrected chi connectivity index (χ4v) is 2.36. The van der Waals surface area contributed by atoms with E-state index in [2.05, 4.69) is 13.8 Å². The second-order valence-corrected chi connectivity index (χ2v) is 5.45. The molecule has 0 unspecified atom stereocenters. The first kappa shape index (κ1) is 13.1. The molecular formula is C15H21NO2. The van der Waals surface area contributed by atoms with Gasteiger partial charge in [0.05, 0.1) is 12.0 Å². The van der Waals surface area contributed by atoms with Crippen molar-refractivity contribution in [2.75, 3.05) is 18.6 Å². The van der Waals surface area contributed by atoms with Crippen LogP contribution >= 0.6 is 0 Å². The number of carbonyl (C=O) groups is 1. The molecule has 3 heteroatoms. The van der Waals surface area contributed by atoms with Crippen LogP contribution in [0.25, 0.3) is 0 Å². The van der Waals surface area contributed by atoms with Crippen molar-refractivity contribution in [1.29, 1.82) is 0 Å². The summed E-state index contributed by atoms with van der Waals surface area (Å²) in [5, 5.41) is 9.34. The maximum absolute atomic E-state index is 12.4. The van der Waals surface area contributed by atoms with Gasteiger partial charge in [0.1, 0.15) is 0 Å². The molecule has 1 fully saturated rings. The van der Waals surface area contributed by atoms with Gasteiger partial charge in [-0.3, -0.25) is 4.79 Å². The molecule has 98 valence electrons. The molecule has 1 N–H and O–H groups in total. The highest BCUT2D eigenvalue weighted by atomic mass is 16.3. The van der Waals surface area contributed by atoms with Crippen molar-refractivity contribution in [3.63, 3.8) is 0 Å². The van der Waals surface area contributed by atoms with E-state index in [1.807, 2.05) is 19.1 Å². The van der Waals surface area contributed by atoms with Crippen LogP contribution in [0.4, 0.5) is 5.69 Å². The number of aliphatic hydroxyl groups is 1. The molecule has 1 aliphatic carbocycles. The number of anilines is 1. The molecular weight excluding hydrogens is 226 g/mol. The summed E-state index contributed by atoms with van der Waals surface area (Å²) in [5.41, 5.74) is 4.05. The zero-order valence-corrected chi connectivity index (χ0v) is 11.6. The van der Waals surface area contributed by atoms with Crippen molar-refractivity contribution < 1.29 is 9.90 Å². The number of aryl methyl sites for hydroxylation is 1. The van der Waals surface area contributed by atoms with Crippen LogP contribution in [0.3, 0.4) is 0 Å². The zero-order valence-electron chi connectivity index (χ0n) is 11.6. The molecule has 3 nitrogen and oxygen atoms in total. The molecule has 1 aromatic carbocycles. The highest BCUT2D eigenvalue weighted by molar-refractivity contribution is 5.99. The number of carbonyl (C=O) groups excluding carboxylic acids is 1. The van der Waals surface area contributed by atoms with Crippen LogP contribution < -0.4 is 4.90 Å². The molecule has 2 rings (SSSR count). The van der Waals surface area contributed by atoms with E-state index in [9.17, 15) is 9.90 Å². The Hall–Kier alpha value is -1.35. The summed E-state index contributed by atoms with van der Waals surface area (Å²) < 4.78 is 0. The Bertz CT molecular complexity index is 490. The van der Waals surface area contributed by atoms with E-state index in [0.717, 1.165) is 24.1 Å². The summed E-state index contributed by atoms with van der Waals surface area (Å²) in [6, 6.07) is 4.03. The Labute approximate surface area is 108 Å². The van der Waals surface area contributed by atoms with Gasteiger partial charge < -0.3 is 10.0 Å². The minimum absolute atomic E-state index is 0.0383. The van der Waals surface area contributed by atoms with Gasteiger partial charge in [-0.1, -0.05) is 6.07 Å². The van der Waals surface area contributed by atoms with E-state index < -0.39 is 5.41 Å². The van der Waals surface area contributed by atoms with E-state index in [0.29, 0.717) is 0 Å². The minimum atomic E-state index is -0.500. The summed E-state index contributed by atoms with van der Waals surface area (Å²) in [6.07, 6.45) is 1.60. The van der Waals surface area contributed by atoms with Crippen molar-refractivity contribution in [3.05, 3.63) is 28.8 Å². The number of rotatable bonds is 3. The highest BCUT2D eigenvalue weighted by Gasteiger charge is 2.51. The fourth-order valence-electron chi connectivity index (χ4n) is 2.36. The molecule has 1 aromatic rings. The number of nitrogens with zero attached hydrogens (tertiary/aromatic N) is 1. The predicted octanol–water partition coefficient (Wildman–Crippen LogP) is 2.35. The summed E-state index contributed by atoms with van der Waals surface area (Å²) in [6.45, 7) is 6.15. The molecule has 1 amide bonds. The van der Waals surface area contributed by atoms with Crippen LogP contribution in [0.5, 0.6) is 0 Å². The van der Waals surface area contributed by atoms with Crippen molar-refractivity contribution >= 4 is 11.6 Å². The SMILES string of the molecule is Cc1ccc(N(C)C(=O)C2(CO)CC2)c(C)c1C. The third-order valence-corrected chi connectivity index (χ3v) is 4.31. The molecule has 0 radical (unpaired) electrons. The van der Waals surface area contributed by atoms with E-state index in [1.165, 1.54) is 11.1 Å². The smallest absolute Gasteiger partial charge is 0.235 e. The number of benzene rings is 1. The molecule has 0 heterocycles. The van der Waals surface area contributed by atoms with E-state index in [-0.39, 0.29) is 12.5 Å². The van der Waals surface area contributed by atoms with Gasteiger partial charge >= 0.3 is 0 Å². The van der Waals surface area contributed by atoms with Gasteiger partial charge in [-0.25, -0.2) is 0 Å². The van der Waals surface area contributed by atoms with Crippen LogP contribution in [-0.4, -0.2) is 24.7 Å². The normalized spacial score (nSPS) is 16.5. The summed E-state index contributed by atoms with van der Waals surface area (Å²) in [4.78, 5) is 14.1. The number of aliphatic hydroxyl groups excluding tert-OH is 1. The van der Waals surface area contributed by atoms with Crippen LogP contribution in [0.1, 0.15) is 29.5 Å². The Morgan fingerprint density at radius 1 is 1.28 bits per heavy atom. The maximum atomic E-state index is 12.4. The van der Waals surface area contributed by atoms with Crippen LogP contribution in [0.2, 0.25) is 0 Å². The standard InChI is InChI=1S/C15H21NO2/c1-10-5-6-13(12(3)11(10)2)16(4)14(18)15(9-17)7-8-15/h5-6,17H,7-9H2,1-4H3. The summed E-state index contributed by atoms with van der Waals surface area (Å²) >= 11 is 0. The highest BCUT2D eigenvalue weighted by Crippen LogP contribution is 2.47. The average molecular weight is 247 g/mol. The molecule has 0 atom stereocenters. The Morgan fingerprint density at radius 3 is 2.39 bits per heavy atom. The van der Waals surface area contributed by atoms with Gasteiger partial charge in [0.15, 0.2) is 0 Å². The third-order valence-electron chi connectivity index (χ3n) is 4.31. The lowest BCUT2D eigenvalue weighted by Crippen LogP contribution is -2.36. The minimum Gasteiger partial charge on any atom is -0.395 e. The number of hydrogen-bond acceptors (Lipinski definition) is 2. The lowest BCUT2D eigenvalue weighted by Gasteiger charge is -2.25. The maximum Gasteiger partial charge on any atom is 0.235 e. The number of amides is 1. The van der Waals surface area contributed by atoms with Gasteiger partial charge in [0.25, 0.3) is 0 Å². The summed E-state index contributed by atoms with van der Waals surface area (Å²) in [5.74, 6) is 0.0383. The second kappa shape index (κ2) is 4.39. The Balaban J connectivity index is 2.32. The largest absolute Gasteiger partial charge is 0.395 e. The van der Waals surface area contributed by atoms with Gasteiger partial charge in [-0.15, -0.1) is 0 Å². The Morgan fingerprint density at radius 2 is 1.89 bits per heavy atom. The summed E-state index contributed by atoms with van der Waals surface area (Å²) in [7, 11) is 1.80. The van der Waals surface area contributed by atoms with Crippen molar-refractivity contribution in [2.45, 2.75) is 33.6 Å². The monoisotopic (exact) mass is 247 g/mol. The van der Waals surface area contributed by atoms with Crippen molar-refractivity contribution in [2.24, 2.45) is 5.41 Å². The molecule has 0 spiro atoms. The molecule has 0 saturated heterocycles. The third kappa shape index (κ3) is 1.93. The van der Waals surface area contributed by atoms with E-state index in [4.69, 9.17) is 0 Å². The zero-order chi connectivity index (χ0) is 13.5. The van der Waals surface area contributed by atoms with Gasteiger partial charge in [-0.2, -0.15) is 0 Å². The van der Waals surface area contributed by atoms with E-state index >= 15 is 0 Å². The van der Waals surface area contributed by atoms with Crippen LogP contribution in [-0.2, 0) is 4.79 Å². The first-order valence-electron chi connectivity index (χ1n) is 6.39. The van der Waals surface area contributed by atoms with Crippen molar-refractivity contribution in [1.82, 2.24) is 0 Å². The predicted molar refractivity (Wildman–Crippen MR) is 72.8 cm³/mol. The van der Waals surface area contributed by atoms with Crippen LogP contribution in [0, 0.1) is 26.2 Å². The van der Waals surface area contributed by atoms with Crippen molar-refractivity contribution in [3.8, 4) is 0 Å². The Kier molecular flexibility index (Phi) is 3.20. The first-order valence-corrected chi connectivity index (χ1v) is 6.39. The molecule has 1 aliphatic rings. The van der Waals surface area contributed by atoms with Gasteiger partial charge in [0.2, 0.25) is 5.91 Å². The van der Waals surface area contributed by atoms with Gasteiger partial charge in [-0.05, 0) is 56.4 Å². The molecule has 0 bridgehead atoms. The number of hydrogen-bond donors (Lipinski definition) is 1. The fraction of sp³-hybridized carbons (Fsp3) is 0.533.